The summed E-state index contributed by atoms with van der Waals surface area (Å²) in [6.45, 7) is 0. The molecule has 2 amide bonds. The van der Waals surface area contributed by atoms with E-state index in [4.69, 9.17) is 4.74 Å². The molecular weight excluding hydrogens is 298 g/mol. The van der Waals surface area contributed by atoms with Crippen LogP contribution < -0.4 is 9.64 Å². The Morgan fingerprint density at radius 2 is 1.65 bits per heavy atom. The molecule has 0 saturated carbocycles. The molecule has 0 bridgehead atoms. The van der Waals surface area contributed by atoms with Crippen molar-refractivity contribution in [1.29, 1.82) is 0 Å². The third kappa shape index (κ3) is 2.24. The molecule has 23 heavy (non-hydrogen) atoms. The number of hydrogen-bond donors (Lipinski definition) is 0. The Bertz CT molecular complexity index is 827. The third-order valence-corrected chi connectivity index (χ3v) is 3.63. The van der Waals surface area contributed by atoms with Gasteiger partial charge in [-0.25, -0.2) is 9.69 Å². The second kappa shape index (κ2) is 5.57. The maximum Gasteiger partial charge on any atom is 0.337 e. The molecular formula is C17H13NO5. The van der Waals surface area contributed by atoms with E-state index in [1.54, 1.807) is 24.3 Å². The standard InChI is InChI=1S/C17H13NO5/c1-22-14-6-4-3-5-13(14)18-15(19)11-8-7-10(17(21)23-2)9-12(11)16(18)20/h3-9H,1-2H3. The second-order valence-corrected chi connectivity index (χ2v) is 4.87. The van der Waals surface area contributed by atoms with E-state index in [-0.39, 0.29) is 16.7 Å². The van der Waals surface area contributed by atoms with Crippen LogP contribution in [0.3, 0.4) is 0 Å². The maximum absolute atomic E-state index is 12.6. The van der Waals surface area contributed by atoms with Gasteiger partial charge < -0.3 is 9.47 Å². The molecule has 2 aromatic carbocycles. The van der Waals surface area contributed by atoms with Crippen molar-refractivity contribution in [2.75, 3.05) is 19.1 Å². The molecule has 1 heterocycles. The number of fused-ring (bicyclic) bond motifs is 1. The van der Waals surface area contributed by atoms with Gasteiger partial charge in [0.1, 0.15) is 5.75 Å². The van der Waals surface area contributed by atoms with E-state index < -0.39 is 17.8 Å². The lowest BCUT2D eigenvalue weighted by atomic mass is 10.1. The molecule has 0 N–H and O–H groups in total. The van der Waals surface area contributed by atoms with Crippen LogP contribution >= 0.6 is 0 Å². The van der Waals surface area contributed by atoms with E-state index in [1.165, 1.54) is 32.4 Å². The number of rotatable bonds is 3. The van der Waals surface area contributed by atoms with Crippen LogP contribution in [0, 0.1) is 0 Å². The fourth-order valence-electron chi connectivity index (χ4n) is 2.52. The molecule has 1 aliphatic heterocycles. The lowest BCUT2D eigenvalue weighted by molar-refractivity contribution is 0.0600. The van der Waals surface area contributed by atoms with Gasteiger partial charge in [0.2, 0.25) is 0 Å². The van der Waals surface area contributed by atoms with Crippen molar-refractivity contribution in [3.05, 3.63) is 59.2 Å². The van der Waals surface area contributed by atoms with Gasteiger partial charge in [-0.15, -0.1) is 0 Å². The van der Waals surface area contributed by atoms with E-state index in [9.17, 15) is 14.4 Å². The molecule has 6 nitrogen and oxygen atoms in total. The molecule has 6 heteroatoms. The number of benzene rings is 2. The van der Waals surface area contributed by atoms with Crippen molar-refractivity contribution in [2.24, 2.45) is 0 Å². The topological polar surface area (TPSA) is 72.9 Å². The number of anilines is 1. The lowest BCUT2D eigenvalue weighted by Crippen LogP contribution is -2.29. The van der Waals surface area contributed by atoms with Gasteiger partial charge in [-0.1, -0.05) is 12.1 Å². The first-order valence-electron chi connectivity index (χ1n) is 6.82. The molecule has 116 valence electrons. The van der Waals surface area contributed by atoms with Crippen molar-refractivity contribution in [2.45, 2.75) is 0 Å². The summed E-state index contributed by atoms with van der Waals surface area (Å²) in [4.78, 5) is 37.8. The predicted octanol–water partition coefficient (Wildman–Crippen LogP) is 2.28. The highest BCUT2D eigenvalue weighted by Gasteiger charge is 2.38. The molecule has 2 aromatic rings. The highest BCUT2D eigenvalue weighted by atomic mass is 16.5. The minimum atomic E-state index is -0.566. The number of imide groups is 1. The van der Waals surface area contributed by atoms with Gasteiger partial charge in [0.15, 0.2) is 0 Å². The Hall–Kier alpha value is -3.15. The Morgan fingerprint density at radius 1 is 0.957 bits per heavy atom. The summed E-state index contributed by atoms with van der Waals surface area (Å²) in [5.41, 5.74) is 0.993. The van der Waals surface area contributed by atoms with Crippen LogP contribution in [0.2, 0.25) is 0 Å². The molecule has 3 rings (SSSR count). The maximum atomic E-state index is 12.6. The highest BCUT2D eigenvalue weighted by Crippen LogP contribution is 2.34. The number of nitrogens with zero attached hydrogens (tertiary/aromatic N) is 1. The minimum Gasteiger partial charge on any atom is -0.495 e. The average molecular weight is 311 g/mol. The van der Waals surface area contributed by atoms with Crippen LogP contribution in [0.5, 0.6) is 5.75 Å². The number of para-hydroxylation sites is 2. The number of amides is 2. The predicted molar refractivity (Wildman–Crippen MR) is 81.9 cm³/mol. The quantitative estimate of drug-likeness (QED) is 0.642. The number of ether oxygens (including phenoxy) is 2. The van der Waals surface area contributed by atoms with E-state index in [0.29, 0.717) is 11.4 Å². The number of methoxy groups -OCH3 is 2. The van der Waals surface area contributed by atoms with Gasteiger partial charge in [0, 0.05) is 0 Å². The Kier molecular flexibility index (Phi) is 3.57. The largest absolute Gasteiger partial charge is 0.495 e. The summed E-state index contributed by atoms with van der Waals surface area (Å²) >= 11 is 0. The van der Waals surface area contributed by atoms with Gasteiger partial charge in [-0.2, -0.15) is 0 Å². The zero-order chi connectivity index (χ0) is 16.6. The molecule has 0 fully saturated rings. The van der Waals surface area contributed by atoms with Crippen LogP contribution in [0.1, 0.15) is 31.1 Å². The van der Waals surface area contributed by atoms with Gasteiger partial charge >= 0.3 is 5.97 Å². The third-order valence-electron chi connectivity index (χ3n) is 3.63. The zero-order valence-electron chi connectivity index (χ0n) is 12.5. The first-order valence-corrected chi connectivity index (χ1v) is 6.82. The molecule has 0 aromatic heterocycles. The summed E-state index contributed by atoms with van der Waals surface area (Å²) < 4.78 is 9.85. The number of hydrogen-bond acceptors (Lipinski definition) is 5. The molecule has 0 atom stereocenters. The van der Waals surface area contributed by atoms with Crippen molar-refractivity contribution in [3.8, 4) is 5.75 Å². The molecule has 1 aliphatic rings. The first kappa shape index (κ1) is 14.8. The highest BCUT2D eigenvalue weighted by molar-refractivity contribution is 6.35. The average Bonchev–Trinajstić information content (AvgIpc) is 2.84. The summed E-state index contributed by atoms with van der Waals surface area (Å²) in [6, 6.07) is 11.0. The van der Waals surface area contributed by atoms with E-state index in [2.05, 4.69) is 4.74 Å². The fourth-order valence-corrected chi connectivity index (χ4v) is 2.52. The van der Waals surface area contributed by atoms with Crippen molar-refractivity contribution in [3.63, 3.8) is 0 Å². The summed E-state index contributed by atoms with van der Waals surface area (Å²) in [7, 11) is 2.72. The SMILES string of the molecule is COC(=O)c1ccc2c(c1)C(=O)N(c1ccccc1OC)C2=O. The summed E-state index contributed by atoms with van der Waals surface area (Å²) in [5, 5.41) is 0. The van der Waals surface area contributed by atoms with Gasteiger partial charge in [0.25, 0.3) is 11.8 Å². The van der Waals surface area contributed by atoms with Crippen LogP contribution in [0.4, 0.5) is 5.69 Å². The normalized spacial score (nSPS) is 13.0. The monoisotopic (exact) mass is 311 g/mol. The van der Waals surface area contributed by atoms with Crippen LogP contribution in [0.15, 0.2) is 42.5 Å². The fraction of sp³-hybridized carbons (Fsp3) is 0.118. The molecule has 0 unspecified atom stereocenters. The van der Waals surface area contributed by atoms with E-state index >= 15 is 0 Å². The van der Waals surface area contributed by atoms with Crippen molar-refractivity contribution in [1.82, 2.24) is 0 Å². The Balaban J connectivity index is 2.09. The Morgan fingerprint density at radius 3 is 2.35 bits per heavy atom. The van der Waals surface area contributed by atoms with E-state index in [1.807, 2.05) is 0 Å². The number of carbonyl (C=O) groups is 3. The first-order chi connectivity index (χ1) is 11.1. The molecule has 0 spiro atoms. The molecule has 0 saturated heterocycles. The minimum absolute atomic E-state index is 0.170. The van der Waals surface area contributed by atoms with Crippen LogP contribution in [-0.4, -0.2) is 32.0 Å². The Labute approximate surface area is 132 Å². The molecule has 0 aliphatic carbocycles. The summed E-state index contributed by atoms with van der Waals surface area (Å²) in [5.74, 6) is -1.11. The van der Waals surface area contributed by atoms with Gasteiger partial charge in [-0.3, -0.25) is 9.59 Å². The lowest BCUT2D eigenvalue weighted by Gasteiger charge is -2.16. The van der Waals surface area contributed by atoms with Gasteiger partial charge in [-0.05, 0) is 30.3 Å². The van der Waals surface area contributed by atoms with Crippen molar-refractivity contribution >= 4 is 23.5 Å². The van der Waals surface area contributed by atoms with Crippen LogP contribution in [0.25, 0.3) is 0 Å². The van der Waals surface area contributed by atoms with Crippen molar-refractivity contribution < 1.29 is 23.9 Å². The number of esters is 1. The summed E-state index contributed by atoms with van der Waals surface area (Å²) in [6.07, 6.45) is 0. The van der Waals surface area contributed by atoms with Crippen LogP contribution in [-0.2, 0) is 4.74 Å². The van der Waals surface area contributed by atoms with E-state index in [0.717, 1.165) is 4.90 Å². The second-order valence-electron chi connectivity index (χ2n) is 4.87. The smallest absolute Gasteiger partial charge is 0.337 e. The zero-order valence-corrected chi connectivity index (χ0v) is 12.5. The number of carbonyl (C=O) groups excluding carboxylic acids is 3. The molecule has 0 radical (unpaired) electrons. The van der Waals surface area contributed by atoms with Gasteiger partial charge in [0.05, 0.1) is 36.6 Å².